The maximum Gasteiger partial charge on any atom is 0.294 e. The number of fused-ring (bicyclic) bond motifs is 1. The van der Waals surface area contributed by atoms with Gasteiger partial charge < -0.3 is 15.0 Å². The summed E-state index contributed by atoms with van der Waals surface area (Å²) in [5, 5.41) is 2.93. The molecule has 174 valence electrons. The summed E-state index contributed by atoms with van der Waals surface area (Å²) in [6, 6.07) is 13.0. The number of nitrogens with one attached hydrogen (secondary N) is 1. The number of benzene rings is 2. The van der Waals surface area contributed by atoms with E-state index in [1.165, 1.54) is 36.0 Å². The Labute approximate surface area is 194 Å². The summed E-state index contributed by atoms with van der Waals surface area (Å²) in [5.74, 6) is 0.268. The van der Waals surface area contributed by atoms with E-state index in [1.54, 1.807) is 36.4 Å². The lowest BCUT2D eigenvalue weighted by Gasteiger charge is -2.30. The van der Waals surface area contributed by atoms with Crippen LogP contribution < -0.4 is 15.0 Å². The van der Waals surface area contributed by atoms with Gasteiger partial charge >= 0.3 is 0 Å². The molecule has 2 aromatic rings. The van der Waals surface area contributed by atoms with Gasteiger partial charge in [-0.15, -0.1) is 0 Å². The molecule has 4 rings (SSSR count). The Morgan fingerprint density at radius 1 is 1.18 bits per heavy atom. The average molecular weight is 452 g/mol. The number of halogens is 1. The maximum atomic E-state index is 13.6. The highest BCUT2D eigenvalue weighted by Gasteiger charge is 2.31. The molecular formula is C26H30FN3O3. The molecule has 1 saturated heterocycles. The molecular weight excluding hydrogens is 421 g/mol. The molecule has 0 aromatic heterocycles. The first-order valence-corrected chi connectivity index (χ1v) is 11.5. The number of hydrogen-bond donors (Lipinski definition) is 1. The van der Waals surface area contributed by atoms with Crippen LogP contribution in [0.2, 0.25) is 0 Å². The van der Waals surface area contributed by atoms with E-state index in [0.717, 1.165) is 32.0 Å². The predicted octanol–water partition coefficient (Wildman–Crippen LogP) is 3.83. The Morgan fingerprint density at radius 3 is 2.76 bits per heavy atom. The van der Waals surface area contributed by atoms with Crippen molar-refractivity contribution in [2.45, 2.75) is 26.2 Å². The van der Waals surface area contributed by atoms with Crippen LogP contribution in [0.4, 0.5) is 10.1 Å². The first kappa shape index (κ1) is 23.0. The number of amides is 2. The topological polar surface area (TPSA) is 61.9 Å². The maximum absolute atomic E-state index is 13.6. The highest BCUT2D eigenvalue weighted by atomic mass is 19.1. The van der Waals surface area contributed by atoms with Gasteiger partial charge in [0.2, 0.25) is 5.91 Å². The van der Waals surface area contributed by atoms with Crippen molar-refractivity contribution in [2.24, 2.45) is 5.92 Å². The number of ether oxygens (including phenoxy) is 1. The fourth-order valence-corrected chi connectivity index (χ4v) is 4.18. The van der Waals surface area contributed by atoms with Crippen molar-refractivity contribution in [1.82, 2.24) is 10.2 Å². The fourth-order valence-electron chi connectivity index (χ4n) is 4.18. The number of rotatable bonds is 7. The number of carbonyl (C=O) groups is 2. The quantitative estimate of drug-likeness (QED) is 0.513. The van der Waals surface area contributed by atoms with E-state index in [2.05, 4.69) is 17.1 Å². The molecule has 2 heterocycles. The Balaban J connectivity index is 1.38. The number of para-hydroxylation sites is 2. The van der Waals surface area contributed by atoms with E-state index < -0.39 is 11.7 Å². The zero-order chi connectivity index (χ0) is 23.2. The molecule has 0 saturated carbocycles. The molecule has 1 N–H and O–H groups in total. The Kier molecular flexibility index (Phi) is 7.40. The third kappa shape index (κ3) is 5.99. The Hall–Kier alpha value is -3.19. The van der Waals surface area contributed by atoms with Gasteiger partial charge in [-0.05, 0) is 80.7 Å². The molecule has 0 aliphatic carbocycles. The molecule has 2 aliphatic rings. The van der Waals surface area contributed by atoms with Crippen LogP contribution in [0.1, 0.15) is 31.7 Å². The lowest BCUT2D eigenvalue weighted by Crippen LogP contribution is -2.44. The highest BCUT2D eigenvalue weighted by molar-refractivity contribution is 6.12. The highest BCUT2D eigenvalue weighted by Crippen LogP contribution is 2.35. The van der Waals surface area contributed by atoms with Crippen LogP contribution in [0, 0.1) is 11.7 Å². The molecule has 6 nitrogen and oxygen atoms in total. The van der Waals surface area contributed by atoms with Gasteiger partial charge in [-0.1, -0.05) is 31.2 Å². The largest absolute Gasteiger partial charge is 0.449 e. The van der Waals surface area contributed by atoms with Crippen molar-refractivity contribution in [2.75, 3.05) is 37.6 Å². The number of likely N-dealkylation sites (tertiary alicyclic amines) is 1. The number of hydrogen-bond acceptors (Lipinski definition) is 4. The van der Waals surface area contributed by atoms with Crippen molar-refractivity contribution < 1.29 is 18.7 Å². The van der Waals surface area contributed by atoms with Gasteiger partial charge in [0.25, 0.3) is 5.91 Å². The second kappa shape index (κ2) is 10.6. The van der Waals surface area contributed by atoms with Crippen LogP contribution in [-0.2, 0) is 9.59 Å². The van der Waals surface area contributed by atoms with Crippen molar-refractivity contribution >= 4 is 23.6 Å². The van der Waals surface area contributed by atoms with Crippen molar-refractivity contribution in [1.29, 1.82) is 0 Å². The second-order valence-corrected chi connectivity index (χ2v) is 8.75. The minimum absolute atomic E-state index is 0.0476. The normalized spacial score (nSPS) is 18.2. The molecule has 2 aliphatic heterocycles. The Bertz CT molecular complexity index is 1030. The van der Waals surface area contributed by atoms with Crippen LogP contribution in [0.3, 0.4) is 0 Å². The smallest absolute Gasteiger partial charge is 0.294 e. The minimum atomic E-state index is -0.435. The summed E-state index contributed by atoms with van der Waals surface area (Å²) in [7, 11) is 0. The molecule has 7 heteroatoms. The summed E-state index contributed by atoms with van der Waals surface area (Å²) >= 11 is 0. The van der Waals surface area contributed by atoms with Gasteiger partial charge in [0.15, 0.2) is 11.5 Å². The van der Waals surface area contributed by atoms with E-state index in [4.69, 9.17) is 4.74 Å². The fraction of sp³-hybridized carbons (Fsp3) is 0.385. The van der Waals surface area contributed by atoms with Gasteiger partial charge in [-0.3, -0.25) is 14.5 Å². The van der Waals surface area contributed by atoms with Crippen LogP contribution >= 0.6 is 0 Å². The lowest BCUT2D eigenvalue weighted by molar-refractivity contribution is -0.123. The van der Waals surface area contributed by atoms with Crippen LogP contribution in [0.15, 0.2) is 54.3 Å². The monoisotopic (exact) mass is 451 g/mol. The summed E-state index contributed by atoms with van der Waals surface area (Å²) < 4.78 is 19.4. The van der Waals surface area contributed by atoms with E-state index in [0.29, 0.717) is 23.5 Å². The standard InChI is InChI=1S/C26H30FN3O3/c1-19-10-14-29(15-11-19)13-5-12-28-25(31)18-30-22-8-2-3-9-23(22)33-24(26(30)32)17-20-6-4-7-21(27)16-20/h2-4,6-9,16-17,19H,5,10-15,18H2,1H3,(H,28,31). The SMILES string of the molecule is CC1CCN(CCCNC(=O)CN2C(=O)C(=Cc3cccc(F)c3)Oc3ccccc32)CC1. The predicted molar refractivity (Wildman–Crippen MR) is 126 cm³/mol. The van der Waals surface area contributed by atoms with E-state index >= 15 is 0 Å². The molecule has 33 heavy (non-hydrogen) atoms. The molecule has 1 fully saturated rings. The number of anilines is 1. The number of piperidine rings is 1. The third-order valence-corrected chi connectivity index (χ3v) is 6.13. The van der Waals surface area contributed by atoms with Gasteiger partial charge in [0, 0.05) is 6.54 Å². The minimum Gasteiger partial charge on any atom is -0.449 e. The molecule has 2 amide bonds. The molecule has 2 aromatic carbocycles. The molecule has 0 atom stereocenters. The Morgan fingerprint density at radius 2 is 1.97 bits per heavy atom. The van der Waals surface area contributed by atoms with Crippen molar-refractivity contribution in [3.8, 4) is 5.75 Å². The molecule has 0 radical (unpaired) electrons. The first-order valence-electron chi connectivity index (χ1n) is 11.5. The van der Waals surface area contributed by atoms with Crippen LogP contribution in [-0.4, -0.2) is 49.4 Å². The van der Waals surface area contributed by atoms with Gasteiger partial charge in [0.1, 0.15) is 12.4 Å². The number of nitrogens with zero attached hydrogens (tertiary/aromatic N) is 2. The summed E-state index contributed by atoms with van der Waals surface area (Å²) in [5.41, 5.74) is 1.05. The summed E-state index contributed by atoms with van der Waals surface area (Å²) in [6.45, 7) is 5.95. The summed E-state index contributed by atoms with van der Waals surface area (Å²) in [4.78, 5) is 29.6. The van der Waals surface area contributed by atoms with Crippen molar-refractivity contribution in [3.05, 3.63) is 65.7 Å². The molecule has 0 unspecified atom stereocenters. The summed E-state index contributed by atoms with van der Waals surface area (Å²) in [6.07, 6.45) is 4.83. The number of carbonyl (C=O) groups excluding carboxylic acids is 2. The van der Waals surface area contributed by atoms with Crippen molar-refractivity contribution in [3.63, 3.8) is 0 Å². The van der Waals surface area contributed by atoms with E-state index in [1.807, 2.05) is 0 Å². The average Bonchev–Trinajstić information content (AvgIpc) is 2.81. The van der Waals surface area contributed by atoms with Gasteiger partial charge in [-0.2, -0.15) is 0 Å². The van der Waals surface area contributed by atoms with E-state index in [-0.39, 0.29) is 18.2 Å². The van der Waals surface area contributed by atoms with Gasteiger partial charge in [-0.25, -0.2) is 4.39 Å². The third-order valence-electron chi connectivity index (χ3n) is 6.13. The zero-order valence-corrected chi connectivity index (χ0v) is 18.9. The second-order valence-electron chi connectivity index (χ2n) is 8.75. The van der Waals surface area contributed by atoms with Crippen LogP contribution in [0.25, 0.3) is 6.08 Å². The van der Waals surface area contributed by atoms with E-state index in [9.17, 15) is 14.0 Å². The molecule has 0 spiro atoms. The van der Waals surface area contributed by atoms with Crippen LogP contribution in [0.5, 0.6) is 5.75 Å². The molecule has 0 bridgehead atoms. The van der Waals surface area contributed by atoms with Gasteiger partial charge in [0.05, 0.1) is 5.69 Å². The zero-order valence-electron chi connectivity index (χ0n) is 18.9. The lowest BCUT2D eigenvalue weighted by atomic mass is 9.99. The first-order chi connectivity index (χ1) is 16.0.